The average molecular weight is 409 g/mol. The highest BCUT2D eigenvalue weighted by atomic mass is 35.5. The van der Waals surface area contributed by atoms with Crippen molar-refractivity contribution in [2.24, 2.45) is 0 Å². The second kappa shape index (κ2) is 9.18. The molecule has 0 aliphatic rings. The van der Waals surface area contributed by atoms with Crippen molar-refractivity contribution < 1.29 is 18.0 Å². The highest BCUT2D eigenvalue weighted by Crippen LogP contribution is 2.37. The lowest BCUT2D eigenvalue weighted by atomic mass is 10.1. The van der Waals surface area contributed by atoms with Gasteiger partial charge in [0, 0.05) is 25.1 Å². The van der Waals surface area contributed by atoms with E-state index in [1.165, 1.54) is 17.2 Å². The molecule has 0 fully saturated rings. The minimum Gasteiger partial charge on any atom is -0.379 e. The molecule has 1 amide bonds. The number of alkyl halides is 3. The van der Waals surface area contributed by atoms with Gasteiger partial charge in [-0.15, -0.1) is 12.4 Å². The molecule has 3 aromatic rings. The maximum atomic E-state index is 13.1. The third-order valence-corrected chi connectivity index (χ3v) is 3.85. The Morgan fingerprint density at radius 3 is 2.39 bits per heavy atom. The molecular formula is C19H16ClF3N4O. The van der Waals surface area contributed by atoms with E-state index in [0.29, 0.717) is 17.8 Å². The van der Waals surface area contributed by atoms with E-state index < -0.39 is 11.7 Å². The van der Waals surface area contributed by atoms with Crippen molar-refractivity contribution >= 4 is 35.9 Å². The number of anilines is 3. The summed E-state index contributed by atoms with van der Waals surface area (Å²) in [5, 5.41) is 2.98. The van der Waals surface area contributed by atoms with E-state index in [9.17, 15) is 18.0 Å². The molecule has 2 aromatic heterocycles. The maximum absolute atomic E-state index is 13.1. The number of hydrogen-bond acceptors (Lipinski definition) is 4. The molecule has 5 nitrogen and oxygen atoms in total. The van der Waals surface area contributed by atoms with Crippen LogP contribution in [-0.2, 0) is 17.5 Å². The van der Waals surface area contributed by atoms with Crippen molar-refractivity contribution in [2.45, 2.75) is 12.7 Å². The Balaban J connectivity index is 0.00000280. The average Bonchev–Trinajstić information content (AvgIpc) is 2.68. The van der Waals surface area contributed by atoms with Crippen LogP contribution in [0.1, 0.15) is 11.1 Å². The summed E-state index contributed by atoms with van der Waals surface area (Å²) in [6, 6.07) is 9.98. The third kappa shape index (κ3) is 4.98. The van der Waals surface area contributed by atoms with Gasteiger partial charge in [-0.25, -0.2) is 0 Å². The number of pyridine rings is 2. The summed E-state index contributed by atoms with van der Waals surface area (Å²) in [4.78, 5) is 20.8. The summed E-state index contributed by atoms with van der Waals surface area (Å²) >= 11 is 0. The molecule has 0 spiro atoms. The van der Waals surface area contributed by atoms with Gasteiger partial charge in [-0.2, -0.15) is 13.2 Å². The van der Waals surface area contributed by atoms with Crippen LogP contribution in [0.25, 0.3) is 0 Å². The number of nitrogens with one attached hydrogen (secondary N) is 1. The Morgan fingerprint density at radius 2 is 1.79 bits per heavy atom. The maximum Gasteiger partial charge on any atom is 0.416 e. The smallest absolute Gasteiger partial charge is 0.379 e. The summed E-state index contributed by atoms with van der Waals surface area (Å²) in [7, 11) is 0. The molecule has 28 heavy (non-hydrogen) atoms. The quantitative estimate of drug-likeness (QED) is 0.594. The van der Waals surface area contributed by atoms with Gasteiger partial charge in [0.1, 0.15) is 0 Å². The number of hydrogen-bond donors (Lipinski definition) is 1. The predicted molar refractivity (Wildman–Crippen MR) is 103 cm³/mol. The monoisotopic (exact) mass is 408 g/mol. The largest absolute Gasteiger partial charge is 0.416 e. The number of aromatic nitrogens is 2. The van der Waals surface area contributed by atoms with E-state index in [1.54, 1.807) is 42.9 Å². The Kier molecular flexibility index (Phi) is 6.94. The summed E-state index contributed by atoms with van der Waals surface area (Å²) < 4.78 is 39.4. The van der Waals surface area contributed by atoms with Gasteiger partial charge in [0.2, 0.25) is 6.41 Å². The van der Waals surface area contributed by atoms with Gasteiger partial charge in [0.05, 0.1) is 28.8 Å². The number of nitrogens with zero attached hydrogens (tertiary/aromatic N) is 3. The van der Waals surface area contributed by atoms with Gasteiger partial charge < -0.3 is 5.32 Å². The zero-order valence-corrected chi connectivity index (χ0v) is 15.2. The van der Waals surface area contributed by atoms with Crippen LogP contribution in [0.15, 0.2) is 67.3 Å². The highest BCUT2D eigenvalue weighted by Gasteiger charge is 2.31. The van der Waals surface area contributed by atoms with Crippen LogP contribution >= 0.6 is 12.4 Å². The van der Waals surface area contributed by atoms with Crippen LogP contribution in [0.3, 0.4) is 0 Å². The molecule has 0 saturated carbocycles. The van der Waals surface area contributed by atoms with Crippen LogP contribution in [-0.4, -0.2) is 16.4 Å². The van der Waals surface area contributed by atoms with Crippen molar-refractivity contribution in [3.05, 3.63) is 78.4 Å². The minimum absolute atomic E-state index is 0. The number of carbonyl (C=O) groups excluding carboxylic acids is 1. The van der Waals surface area contributed by atoms with Crippen LogP contribution in [0.4, 0.5) is 30.2 Å². The van der Waals surface area contributed by atoms with E-state index in [4.69, 9.17) is 0 Å². The SMILES string of the molecule is Cl.O=CN(c1cccnc1)c1ccc(C(F)(F)F)cc1NCc1ccncc1. The second-order valence-electron chi connectivity index (χ2n) is 5.63. The van der Waals surface area contributed by atoms with Crippen molar-refractivity contribution in [1.29, 1.82) is 0 Å². The molecule has 2 heterocycles. The zero-order valence-electron chi connectivity index (χ0n) is 14.4. The summed E-state index contributed by atoms with van der Waals surface area (Å²) in [5.41, 5.74) is 0.949. The van der Waals surface area contributed by atoms with Gasteiger partial charge in [0.15, 0.2) is 0 Å². The Labute approximate surface area is 165 Å². The molecular weight excluding hydrogens is 393 g/mol. The molecule has 0 unspecified atom stereocenters. The molecule has 1 aromatic carbocycles. The van der Waals surface area contributed by atoms with Gasteiger partial charge in [-0.3, -0.25) is 19.7 Å². The molecule has 0 aliphatic carbocycles. The van der Waals surface area contributed by atoms with Gasteiger partial charge in [0.25, 0.3) is 0 Å². The first-order chi connectivity index (χ1) is 13.0. The molecule has 0 saturated heterocycles. The van der Waals surface area contributed by atoms with Crippen LogP contribution in [0.2, 0.25) is 0 Å². The predicted octanol–water partition coefficient (Wildman–Crippen LogP) is 4.82. The lowest BCUT2D eigenvalue weighted by molar-refractivity contribution is -0.137. The fourth-order valence-electron chi connectivity index (χ4n) is 2.51. The number of benzene rings is 1. The van der Waals surface area contributed by atoms with E-state index in [-0.39, 0.29) is 24.6 Å². The van der Waals surface area contributed by atoms with E-state index in [1.807, 2.05) is 0 Å². The number of carbonyl (C=O) groups is 1. The number of amides is 1. The molecule has 0 aliphatic heterocycles. The van der Waals surface area contributed by atoms with Crippen molar-refractivity contribution in [3.8, 4) is 0 Å². The fourth-order valence-corrected chi connectivity index (χ4v) is 2.51. The zero-order chi connectivity index (χ0) is 19.3. The Hall–Kier alpha value is -3.13. The van der Waals surface area contributed by atoms with Crippen LogP contribution in [0, 0.1) is 0 Å². The van der Waals surface area contributed by atoms with Gasteiger partial charge in [-0.1, -0.05) is 0 Å². The molecule has 9 heteroatoms. The molecule has 0 atom stereocenters. The lowest BCUT2D eigenvalue weighted by Gasteiger charge is -2.22. The first kappa shape index (κ1) is 21.2. The first-order valence-corrected chi connectivity index (χ1v) is 7.97. The van der Waals surface area contributed by atoms with E-state index in [0.717, 1.165) is 17.7 Å². The van der Waals surface area contributed by atoms with E-state index >= 15 is 0 Å². The van der Waals surface area contributed by atoms with Crippen molar-refractivity contribution in [1.82, 2.24) is 9.97 Å². The fraction of sp³-hybridized carbons (Fsp3) is 0.105. The van der Waals surface area contributed by atoms with Crippen molar-refractivity contribution in [2.75, 3.05) is 10.2 Å². The number of halogens is 4. The topological polar surface area (TPSA) is 58.1 Å². The lowest BCUT2D eigenvalue weighted by Crippen LogP contribution is -2.17. The minimum atomic E-state index is -4.49. The normalized spacial score (nSPS) is 10.7. The number of rotatable bonds is 6. The molecule has 1 N–H and O–H groups in total. The van der Waals surface area contributed by atoms with Gasteiger partial charge >= 0.3 is 6.18 Å². The summed E-state index contributed by atoms with van der Waals surface area (Å²) in [6.07, 6.45) is 2.23. The molecule has 0 bridgehead atoms. The highest BCUT2D eigenvalue weighted by molar-refractivity contribution is 5.91. The first-order valence-electron chi connectivity index (χ1n) is 7.97. The molecule has 146 valence electrons. The van der Waals surface area contributed by atoms with Crippen LogP contribution in [0.5, 0.6) is 0 Å². The molecule has 3 rings (SSSR count). The Morgan fingerprint density at radius 1 is 1.04 bits per heavy atom. The second-order valence-corrected chi connectivity index (χ2v) is 5.63. The van der Waals surface area contributed by atoms with E-state index in [2.05, 4.69) is 15.3 Å². The van der Waals surface area contributed by atoms with Crippen LogP contribution < -0.4 is 10.2 Å². The standard InChI is InChI=1S/C19H15F3N4O.ClH/c20-19(21,22)15-3-4-18(26(13-27)16-2-1-7-24-12-16)17(10-15)25-11-14-5-8-23-9-6-14;/h1-10,12-13,25H,11H2;1H. The van der Waals surface area contributed by atoms with Gasteiger partial charge in [-0.05, 0) is 48.0 Å². The molecule has 0 radical (unpaired) electrons. The Bertz CT molecular complexity index is 908. The summed E-state index contributed by atoms with van der Waals surface area (Å²) in [6.45, 7) is 0.274. The van der Waals surface area contributed by atoms with Crippen molar-refractivity contribution in [3.63, 3.8) is 0 Å². The summed E-state index contributed by atoms with van der Waals surface area (Å²) in [5.74, 6) is 0. The third-order valence-electron chi connectivity index (χ3n) is 3.85.